The van der Waals surface area contributed by atoms with Crippen LogP contribution in [0.4, 0.5) is 0 Å². The molecule has 0 saturated carbocycles. The molecule has 0 aliphatic rings. The third-order valence-corrected chi connectivity index (χ3v) is 4.64. The van der Waals surface area contributed by atoms with Crippen LogP contribution in [-0.2, 0) is 0 Å². The first-order chi connectivity index (χ1) is 8.25. The first-order valence-electron chi connectivity index (χ1n) is 4.92. The molecule has 0 fully saturated rings. The Kier molecular flexibility index (Phi) is 3.31. The van der Waals surface area contributed by atoms with E-state index in [2.05, 4.69) is 90.3 Å². The predicted molar refractivity (Wildman–Crippen MR) is 88.3 cm³/mol. The second kappa shape index (κ2) is 4.77. The van der Waals surface area contributed by atoms with Gasteiger partial charge in [0.05, 0.1) is 11.7 Å². The second-order valence-electron chi connectivity index (χ2n) is 3.56. The number of benzene rings is 2. The Labute approximate surface area is 130 Å². The highest BCUT2D eigenvalue weighted by Crippen LogP contribution is 2.30. The highest BCUT2D eigenvalue weighted by Gasteiger charge is 2.10. The number of hydrogen-bond acceptors (Lipinski definition) is 3. The molecule has 2 nitrogen and oxygen atoms in total. The molecule has 0 aliphatic carbocycles. The van der Waals surface area contributed by atoms with Gasteiger partial charge in [-0.05, 0) is 68.9 Å². The maximum Gasteiger partial charge on any atom is 0.118 e. The molecule has 17 heavy (non-hydrogen) atoms. The van der Waals surface area contributed by atoms with E-state index in [1.807, 2.05) is 0 Å². The van der Waals surface area contributed by atoms with E-state index in [1.54, 1.807) is 0 Å². The average molecular weight is 464 g/mol. The molecule has 0 saturated heterocycles. The molecule has 3 rings (SSSR count). The molecule has 0 N–H and O–H groups in total. The average Bonchev–Trinajstić information content (AvgIpc) is 2.81. The first-order valence-corrected chi connectivity index (χ1v) is 7.81. The second-order valence-corrected chi connectivity index (χ2v) is 6.50. The fraction of sp³-hybridized carbons (Fsp3) is 0. The Morgan fingerprint density at radius 1 is 0.824 bits per heavy atom. The van der Waals surface area contributed by atoms with Crippen molar-refractivity contribution in [2.45, 2.75) is 0 Å². The largest absolute Gasteiger partial charge is 0.172 e. The predicted octanol–water partition coefficient (Wildman–Crippen LogP) is 4.57. The summed E-state index contributed by atoms with van der Waals surface area (Å²) in [5.41, 5.74) is 4.36. The summed E-state index contributed by atoms with van der Waals surface area (Å²) < 4.78 is 11.1. The van der Waals surface area contributed by atoms with E-state index in [-0.39, 0.29) is 0 Å². The van der Waals surface area contributed by atoms with E-state index in [9.17, 15) is 0 Å². The van der Waals surface area contributed by atoms with Crippen molar-refractivity contribution in [3.63, 3.8) is 0 Å². The molecule has 1 aromatic heterocycles. The Hall–Kier alpha value is -0.280. The summed E-state index contributed by atoms with van der Waals surface area (Å²) in [5, 5.41) is 0. The van der Waals surface area contributed by atoms with Crippen molar-refractivity contribution in [1.82, 2.24) is 8.75 Å². The minimum atomic E-state index is 1.00. The summed E-state index contributed by atoms with van der Waals surface area (Å²) >= 11 is 5.88. The van der Waals surface area contributed by atoms with Crippen LogP contribution in [0.5, 0.6) is 0 Å². The molecule has 0 radical (unpaired) electrons. The lowest BCUT2D eigenvalue weighted by Gasteiger charge is -2.03. The number of halogens is 2. The minimum absolute atomic E-state index is 1.00. The molecule has 0 amide bonds. The third-order valence-electron chi connectivity index (χ3n) is 2.52. The SMILES string of the molecule is Ic1ccc(-c2ccc(I)c3nsnc23)cc1. The van der Waals surface area contributed by atoms with Gasteiger partial charge in [0.25, 0.3) is 0 Å². The maximum atomic E-state index is 4.40. The van der Waals surface area contributed by atoms with Crippen LogP contribution in [-0.4, -0.2) is 8.75 Å². The van der Waals surface area contributed by atoms with E-state index in [4.69, 9.17) is 0 Å². The van der Waals surface area contributed by atoms with Crippen molar-refractivity contribution in [1.29, 1.82) is 0 Å². The topological polar surface area (TPSA) is 25.8 Å². The smallest absolute Gasteiger partial charge is 0.118 e. The molecule has 0 unspecified atom stereocenters. The molecule has 0 spiro atoms. The van der Waals surface area contributed by atoms with Crippen LogP contribution in [0.1, 0.15) is 0 Å². The van der Waals surface area contributed by atoms with Gasteiger partial charge in [-0.1, -0.05) is 18.2 Å². The summed E-state index contributed by atoms with van der Waals surface area (Å²) in [4.78, 5) is 0. The van der Waals surface area contributed by atoms with Gasteiger partial charge in [-0.15, -0.1) is 0 Å². The number of aromatic nitrogens is 2. The van der Waals surface area contributed by atoms with Crippen LogP contribution in [0.15, 0.2) is 36.4 Å². The van der Waals surface area contributed by atoms with Crippen molar-refractivity contribution in [3.8, 4) is 11.1 Å². The van der Waals surface area contributed by atoms with Crippen molar-refractivity contribution in [3.05, 3.63) is 43.5 Å². The van der Waals surface area contributed by atoms with Gasteiger partial charge in [0.1, 0.15) is 11.0 Å². The normalized spacial score (nSPS) is 10.9. The maximum absolute atomic E-state index is 4.40. The summed E-state index contributed by atoms with van der Waals surface area (Å²) in [7, 11) is 0. The van der Waals surface area contributed by atoms with Gasteiger partial charge < -0.3 is 0 Å². The van der Waals surface area contributed by atoms with Gasteiger partial charge in [-0.3, -0.25) is 0 Å². The van der Waals surface area contributed by atoms with Crippen LogP contribution < -0.4 is 0 Å². The highest BCUT2D eigenvalue weighted by molar-refractivity contribution is 14.1. The zero-order valence-electron chi connectivity index (χ0n) is 8.52. The van der Waals surface area contributed by atoms with Crippen molar-refractivity contribution < 1.29 is 0 Å². The van der Waals surface area contributed by atoms with Crippen LogP contribution in [0, 0.1) is 7.14 Å². The molecule has 0 bridgehead atoms. The molecule has 0 aliphatic heterocycles. The fourth-order valence-electron chi connectivity index (χ4n) is 1.70. The Morgan fingerprint density at radius 2 is 1.53 bits per heavy atom. The molecular formula is C12H6I2N2S. The van der Waals surface area contributed by atoms with E-state index >= 15 is 0 Å². The number of rotatable bonds is 1. The van der Waals surface area contributed by atoms with Crippen molar-refractivity contribution >= 4 is 67.9 Å². The Bertz CT molecular complexity index is 677. The van der Waals surface area contributed by atoms with E-state index in [0.717, 1.165) is 20.2 Å². The Morgan fingerprint density at radius 3 is 2.29 bits per heavy atom. The van der Waals surface area contributed by atoms with Gasteiger partial charge >= 0.3 is 0 Å². The van der Waals surface area contributed by atoms with Crippen LogP contribution in [0.25, 0.3) is 22.2 Å². The summed E-state index contributed by atoms with van der Waals surface area (Å²) in [5.74, 6) is 0. The molecule has 0 atom stereocenters. The third kappa shape index (κ3) is 2.19. The van der Waals surface area contributed by atoms with E-state index < -0.39 is 0 Å². The highest BCUT2D eigenvalue weighted by atomic mass is 127. The quantitative estimate of drug-likeness (QED) is 0.494. The van der Waals surface area contributed by atoms with Gasteiger partial charge in [0.2, 0.25) is 0 Å². The minimum Gasteiger partial charge on any atom is -0.172 e. The zero-order chi connectivity index (χ0) is 11.8. The Balaban J connectivity index is 2.27. The summed E-state index contributed by atoms with van der Waals surface area (Å²) in [6.07, 6.45) is 0. The standard InChI is InChI=1S/C12H6I2N2S/c13-8-3-1-7(2-4-8)9-5-6-10(14)12-11(9)15-17-16-12/h1-6H. The summed E-state index contributed by atoms with van der Waals surface area (Å²) in [6, 6.07) is 12.7. The number of nitrogens with zero attached hydrogens (tertiary/aromatic N) is 2. The fourth-order valence-corrected chi connectivity index (χ4v) is 3.35. The zero-order valence-corrected chi connectivity index (χ0v) is 13.7. The van der Waals surface area contributed by atoms with Crippen LogP contribution in [0.3, 0.4) is 0 Å². The summed E-state index contributed by atoms with van der Waals surface area (Å²) in [6.45, 7) is 0. The molecule has 5 heteroatoms. The van der Waals surface area contributed by atoms with Crippen LogP contribution >= 0.6 is 56.9 Å². The molecular weight excluding hydrogens is 458 g/mol. The van der Waals surface area contributed by atoms with Gasteiger partial charge in [-0.2, -0.15) is 8.75 Å². The van der Waals surface area contributed by atoms with E-state index in [1.165, 1.54) is 20.9 Å². The van der Waals surface area contributed by atoms with E-state index in [0.29, 0.717) is 0 Å². The van der Waals surface area contributed by atoms with Gasteiger partial charge in [0, 0.05) is 12.7 Å². The van der Waals surface area contributed by atoms with Crippen molar-refractivity contribution in [2.24, 2.45) is 0 Å². The van der Waals surface area contributed by atoms with Gasteiger partial charge in [0.15, 0.2) is 0 Å². The van der Waals surface area contributed by atoms with Crippen molar-refractivity contribution in [2.75, 3.05) is 0 Å². The number of hydrogen-bond donors (Lipinski definition) is 0. The number of fused-ring (bicyclic) bond motifs is 1. The monoisotopic (exact) mass is 464 g/mol. The van der Waals surface area contributed by atoms with Gasteiger partial charge in [-0.25, -0.2) is 0 Å². The lowest BCUT2D eigenvalue weighted by molar-refractivity contribution is 1.57. The lowest BCUT2D eigenvalue weighted by Crippen LogP contribution is -1.83. The molecule has 2 aromatic carbocycles. The first kappa shape index (κ1) is 11.8. The van der Waals surface area contributed by atoms with Crippen LogP contribution in [0.2, 0.25) is 0 Å². The molecule has 3 aromatic rings. The molecule has 84 valence electrons. The lowest BCUT2D eigenvalue weighted by atomic mass is 10.0. The molecule has 1 heterocycles.